The highest BCUT2D eigenvalue weighted by Gasteiger charge is 2.34. The molecule has 3 aromatic rings. The lowest BCUT2D eigenvalue weighted by atomic mass is 9.91. The Morgan fingerprint density at radius 1 is 1.24 bits per heavy atom. The van der Waals surface area contributed by atoms with E-state index in [9.17, 15) is 18.7 Å². The van der Waals surface area contributed by atoms with Gasteiger partial charge in [0.2, 0.25) is 11.7 Å². The largest absolute Gasteiger partial charge is 0.492 e. The highest BCUT2D eigenvalue weighted by atomic mass is 35.5. The molecule has 0 spiro atoms. The van der Waals surface area contributed by atoms with E-state index in [1.54, 1.807) is 14.0 Å². The van der Waals surface area contributed by atoms with Crippen LogP contribution in [0.2, 0.25) is 5.02 Å². The van der Waals surface area contributed by atoms with Crippen LogP contribution >= 0.6 is 11.6 Å². The van der Waals surface area contributed by atoms with Crippen LogP contribution in [0, 0.1) is 17.0 Å². The van der Waals surface area contributed by atoms with Gasteiger partial charge in [-0.05, 0) is 31.5 Å². The molecule has 1 aliphatic rings. The second kappa shape index (κ2) is 9.18. The Labute approximate surface area is 198 Å². The topological polar surface area (TPSA) is 120 Å². The molecule has 0 radical (unpaired) electrons. The SMILES string of the molecule is CN/C(=C1/CCN(C(=O)c2ncn(-c3cc(Cl)cnc3O)n2)[C@@H](C)C1=N)c1cc(F)cc(F)c1. The maximum Gasteiger partial charge on any atom is 0.294 e. The lowest BCUT2D eigenvalue weighted by Gasteiger charge is -2.35. The summed E-state index contributed by atoms with van der Waals surface area (Å²) < 4.78 is 28.7. The summed E-state index contributed by atoms with van der Waals surface area (Å²) in [6, 6.07) is 3.94. The number of nitrogens with zero attached hydrogens (tertiary/aromatic N) is 5. The first-order chi connectivity index (χ1) is 16.2. The van der Waals surface area contributed by atoms with E-state index in [4.69, 9.17) is 17.0 Å². The fraction of sp³-hybridized carbons (Fsp3) is 0.227. The van der Waals surface area contributed by atoms with Crippen molar-refractivity contribution < 1.29 is 18.7 Å². The molecule has 12 heteroatoms. The minimum atomic E-state index is -0.724. The van der Waals surface area contributed by atoms with Gasteiger partial charge in [-0.1, -0.05) is 11.6 Å². The molecule has 1 aliphatic heterocycles. The van der Waals surface area contributed by atoms with Crippen molar-refractivity contribution >= 4 is 28.9 Å². The van der Waals surface area contributed by atoms with E-state index in [0.29, 0.717) is 11.3 Å². The number of aromatic hydroxyl groups is 1. The van der Waals surface area contributed by atoms with E-state index >= 15 is 0 Å². The Balaban J connectivity index is 1.60. The number of hydrogen-bond acceptors (Lipinski definition) is 7. The van der Waals surface area contributed by atoms with Gasteiger partial charge in [-0.25, -0.2) is 23.4 Å². The van der Waals surface area contributed by atoms with Crippen LogP contribution < -0.4 is 5.32 Å². The number of aromatic nitrogens is 4. The number of piperidine rings is 1. The Kier molecular flexibility index (Phi) is 6.29. The maximum atomic E-state index is 13.8. The normalized spacial score (nSPS) is 17.6. The fourth-order valence-corrected chi connectivity index (χ4v) is 4.02. The third-order valence-corrected chi connectivity index (χ3v) is 5.73. The van der Waals surface area contributed by atoms with Crippen LogP contribution in [0.15, 0.2) is 42.4 Å². The van der Waals surface area contributed by atoms with Crippen LogP contribution in [0.5, 0.6) is 5.88 Å². The lowest BCUT2D eigenvalue weighted by molar-refractivity contribution is 0.0716. The van der Waals surface area contributed by atoms with Crippen molar-refractivity contribution in [2.45, 2.75) is 19.4 Å². The molecule has 1 fully saturated rings. The molecule has 3 N–H and O–H groups in total. The first kappa shape index (κ1) is 23.3. The van der Waals surface area contributed by atoms with Crippen molar-refractivity contribution in [3.8, 4) is 11.6 Å². The molecule has 0 bridgehead atoms. The van der Waals surface area contributed by atoms with Gasteiger partial charge in [-0.3, -0.25) is 4.79 Å². The van der Waals surface area contributed by atoms with Crippen LogP contribution in [0.1, 0.15) is 29.5 Å². The maximum absolute atomic E-state index is 13.8. The molecule has 9 nitrogen and oxygen atoms in total. The average Bonchev–Trinajstić information content (AvgIpc) is 3.28. The van der Waals surface area contributed by atoms with Gasteiger partial charge in [-0.15, -0.1) is 5.10 Å². The van der Waals surface area contributed by atoms with E-state index in [-0.39, 0.29) is 46.7 Å². The second-order valence-corrected chi connectivity index (χ2v) is 8.05. The van der Waals surface area contributed by atoms with E-state index in [1.165, 1.54) is 40.3 Å². The molecule has 0 aliphatic carbocycles. The summed E-state index contributed by atoms with van der Waals surface area (Å²) in [5, 5.41) is 25.9. The number of likely N-dealkylation sites (tertiary alicyclic amines) is 1. The van der Waals surface area contributed by atoms with E-state index < -0.39 is 23.6 Å². The minimum absolute atomic E-state index is 0.129. The van der Waals surface area contributed by atoms with Crippen molar-refractivity contribution in [1.82, 2.24) is 30.0 Å². The Morgan fingerprint density at radius 3 is 2.62 bits per heavy atom. The number of pyridine rings is 1. The van der Waals surface area contributed by atoms with Crippen molar-refractivity contribution in [2.75, 3.05) is 13.6 Å². The summed E-state index contributed by atoms with van der Waals surface area (Å²) in [6.07, 6.45) is 2.80. The predicted molar refractivity (Wildman–Crippen MR) is 121 cm³/mol. The van der Waals surface area contributed by atoms with Gasteiger partial charge < -0.3 is 20.7 Å². The van der Waals surface area contributed by atoms with Crippen molar-refractivity contribution in [1.29, 1.82) is 5.41 Å². The monoisotopic (exact) mass is 487 g/mol. The summed E-state index contributed by atoms with van der Waals surface area (Å²) in [4.78, 5) is 22.3. The Hall–Kier alpha value is -3.86. The first-order valence-corrected chi connectivity index (χ1v) is 10.6. The van der Waals surface area contributed by atoms with Gasteiger partial charge in [0, 0.05) is 42.7 Å². The highest BCUT2D eigenvalue weighted by molar-refractivity contribution is 6.30. The van der Waals surface area contributed by atoms with Crippen LogP contribution in [0.4, 0.5) is 8.78 Å². The van der Waals surface area contributed by atoms with Gasteiger partial charge >= 0.3 is 0 Å². The average molecular weight is 488 g/mol. The van der Waals surface area contributed by atoms with Crippen LogP contribution in [-0.2, 0) is 0 Å². The van der Waals surface area contributed by atoms with Gasteiger partial charge in [0.05, 0.1) is 16.8 Å². The molecular formula is C22H20ClF2N7O2. The van der Waals surface area contributed by atoms with Gasteiger partial charge in [0.25, 0.3) is 5.91 Å². The Morgan fingerprint density at radius 2 is 1.94 bits per heavy atom. The van der Waals surface area contributed by atoms with Crippen LogP contribution in [-0.4, -0.2) is 61.0 Å². The number of amides is 1. The molecule has 4 rings (SSSR count). The second-order valence-electron chi connectivity index (χ2n) is 7.61. The molecule has 0 unspecified atom stereocenters. The van der Waals surface area contributed by atoms with Gasteiger partial charge in [-0.2, -0.15) is 0 Å². The quantitative estimate of drug-likeness (QED) is 0.520. The molecule has 1 amide bonds. The summed E-state index contributed by atoms with van der Waals surface area (Å²) in [5.74, 6) is -2.42. The number of benzene rings is 1. The van der Waals surface area contributed by atoms with Gasteiger partial charge in [0.1, 0.15) is 23.6 Å². The number of nitrogens with one attached hydrogen (secondary N) is 2. The molecule has 0 saturated carbocycles. The van der Waals surface area contributed by atoms with Crippen molar-refractivity contribution in [2.24, 2.45) is 0 Å². The van der Waals surface area contributed by atoms with Crippen LogP contribution in [0.3, 0.4) is 0 Å². The smallest absolute Gasteiger partial charge is 0.294 e. The number of carbonyl (C=O) groups excluding carboxylic acids is 1. The van der Waals surface area contributed by atoms with Crippen molar-refractivity contribution in [3.05, 3.63) is 70.4 Å². The molecule has 3 heterocycles. The van der Waals surface area contributed by atoms with E-state index in [1.807, 2.05) is 0 Å². The number of carbonyl (C=O) groups is 1. The van der Waals surface area contributed by atoms with E-state index in [2.05, 4.69) is 20.4 Å². The molecule has 34 heavy (non-hydrogen) atoms. The summed E-state index contributed by atoms with van der Waals surface area (Å²) in [7, 11) is 1.61. The molecule has 2 aromatic heterocycles. The van der Waals surface area contributed by atoms with Crippen molar-refractivity contribution in [3.63, 3.8) is 0 Å². The molecule has 1 saturated heterocycles. The zero-order chi connectivity index (χ0) is 24.6. The number of hydrogen-bond donors (Lipinski definition) is 3. The standard InChI is InChI=1S/C22H20ClF2N7O2/c1-11-18(26)16(19(27-2)12-5-14(24)8-15(25)6-12)3-4-31(11)22(34)20-29-10-32(30-20)17-7-13(23)9-28-21(17)33/h5-11,26-27H,3-4H2,1-2H3,(H,28,33)/b19-16-,26-18?/t11-/m0/s1. The van der Waals surface area contributed by atoms with E-state index in [0.717, 1.165) is 6.07 Å². The molecule has 1 atom stereocenters. The third-order valence-electron chi connectivity index (χ3n) is 5.52. The van der Waals surface area contributed by atoms with Gasteiger partial charge in [0.15, 0.2) is 0 Å². The summed E-state index contributed by atoms with van der Waals surface area (Å²) in [6.45, 7) is 1.92. The zero-order valence-electron chi connectivity index (χ0n) is 18.2. The lowest BCUT2D eigenvalue weighted by Crippen LogP contribution is -2.48. The summed E-state index contributed by atoms with van der Waals surface area (Å²) in [5.41, 5.74) is 1.54. The Bertz CT molecular complexity index is 1300. The predicted octanol–water partition coefficient (Wildman–Crippen LogP) is 3.18. The molecular weight excluding hydrogens is 468 g/mol. The number of rotatable bonds is 4. The number of halogens is 3. The summed E-state index contributed by atoms with van der Waals surface area (Å²) >= 11 is 5.92. The zero-order valence-corrected chi connectivity index (χ0v) is 18.9. The van der Waals surface area contributed by atoms with Crippen LogP contribution in [0.25, 0.3) is 11.4 Å². The molecule has 176 valence electrons. The first-order valence-electron chi connectivity index (χ1n) is 10.2. The third kappa shape index (κ3) is 4.34. The highest BCUT2D eigenvalue weighted by Crippen LogP contribution is 2.28. The minimum Gasteiger partial charge on any atom is -0.492 e. The fourth-order valence-electron chi connectivity index (χ4n) is 3.87. The molecule has 1 aromatic carbocycles.